The molecule has 3 rings (SSSR count). The van der Waals surface area contributed by atoms with Crippen molar-refractivity contribution in [1.29, 1.82) is 0 Å². The number of amides is 2. The van der Waals surface area contributed by atoms with Crippen molar-refractivity contribution >= 4 is 29.2 Å². The minimum Gasteiger partial charge on any atom is -0.493 e. The highest BCUT2D eigenvalue weighted by Gasteiger charge is 2.20. The fourth-order valence-electron chi connectivity index (χ4n) is 3.30. The largest absolute Gasteiger partial charge is 0.493 e. The topological polar surface area (TPSA) is 76.7 Å². The molecule has 1 heterocycles. The van der Waals surface area contributed by atoms with E-state index in [1.165, 1.54) is 25.6 Å². The van der Waals surface area contributed by atoms with Gasteiger partial charge in [0.25, 0.3) is 11.8 Å². The van der Waals surface area contributed by atoms with E-state index in [1.54, 1.807) is 24.3 Å². The Kier molecular flexibility index (Phi) is 8.27. The lowest BCUT2D eigenvalue weighted by atomic mass is 10.0. The normalized spacial score (nSPS) is 12.1. The van der Waals surface area contributed by atoms with Gasteiger partial charge in [0.15, 0.2) is 11.5 Å². The highest BCUT2D eigenvalue weighted by molar-refractivity contribution is 7.10. The van der Waals surface area contributed by atoms with Crippen LogP contribution in [0.3, 0.4) is 0 Å². The molecule has 0 radical (unpaired) electrons. The minimum absolute atomic E-state index is 0.169. The Morgan fingerprint density at radius 3 is 2.36 bits per heavy atom. The Morgan fingerprint density at radius 2 is 1.76 bits per heavy atom. The maximum Gasteiger partial charge on any atom is 0.268 e. The molecule has 1 aromatic heterocycles. The molecule has 0 aliphatic rings. The molecule has 33 heavy (non-hydrogen) atoms. The highest BCUT2D eigenvalue weighted by atomic mass is 32.1. The van der Waals surface area contributed by atoms with Crippen molar-refractivity contribution in [2.45, 2.75) is 26.3 Å². The van der Waals surface area contributed by atoms with Gasteiger partial charge in [-0.05, 0) is 54.6 Å². The van der Waals surface area contributed by atoms with E-state index in [-0.39, 0.29) is 17.6 Å². The number of aryl methyl sites for hydroxylation is 1. The Morgan fingerprint density at radius 1 is 1.03 bits per heavy atom. The number of nitrogens with one attached hydrogen (secondary N) is 2. The summed E-state index contributed by atoms with van der Waals surface area (Å²) in [7, 11) is 3.03. The van der Waals surface area contributed by atoms with Crippen LogP contribution in [-0.2, 0) is 4.79 Å². The third kappa shape index (κ3) is 6.23. The van der Waals surface area contributed by atoms with Crippen LogP contribution in [0.5, 0.6) is 11.5 Å². The molecule has 2 N–H and O–H groups in total. The summed E-state index contributed by atoms with van der Waals surface area (Å²) in [5, 5.41) is 7.74. The molecule has 1 unspecified atom stereocenters. The standard InChI is InChI=1S/C26H28N2O4S/c1-5-21(18-10-8-17(2)9-11-18)27-26(30)22(16-20-7-6-14-33-20)28-25(29)19-12-13-23(31-3)24(15-19)32-4/h6-16,21H,5H2,1-4H3,(H,27,30)(H,28,29)/b22-16-. The molecular weight excluding hydrogens is 436 g/mol. The number of hydrogen-bond acceptors (Lipinski definition) is 5. The molecular formula is C26H28N2O4S. The third-order valence-corrected chi connectivity index (χ3v) is 5.98. The molecule has 0 fully saturated rings. The second kappa shape index (κ2) is 11.3. The summed E-state index contributed by atoms with van der Waals surface area (Å²) in [6, 6.07) is 16.5. The molecule has 0 saturated heterocycles. The Balaban J connectivity index is 1.85. The summed E-state index contributed by atoms with van der Waals surface area (Å²) in [5.41, 5.74) is 2.68. The molecule has 0 aliphatic carbocycles. The summed E-state index contributed by atoms with van der Waals surface area (Å²) in [4.78, 5) is 27.1. The van der Waals surface area contributed by atoms with Crippen molar-refractivity contribution in [1.82, 2.24) is 10.6 Å². The average Bonchev–Trinajstić information content (AvgIpc) is 3.35. The summed E-state index contributed by atoms with van der Waals surface area (Å²) < 4.78 is 10.5. The van der Waals surface area contributed by atoms with Gasteiger partial charge < -0.3 is 20.1 Å². The maximum atomic E-state index is 13.2. The highest BCUT2D eigenvalue weighted by Crippen LogP contribution is 2.27. The second-order valence-electron chi connectivity index (χ2n) is 7.44. The first kappa shape index (κ1) is 24.1. The van der Waals surface area contributed by atoms with E-state index in [0.717, 1.165) is 16.0 Å². The maximum absolute atomic E-state index is 13.2. The van der Waals surface area contributed by atoms with Gasteiger partial charge in [-0.2, -0.15) is 0 Å². The van der Waals surface area contributed by atoms with E-state index < -0.39 is 5.91 Å². The SMILES string of the molecule is CCC(NC(=O)/C(=C/c1cccs1)NC(=O)c1ccc(OC)c(OC)c1)c1ccc(C)cc1. The van der Waals surface area contributed by atoms with Crippen molar-refractivity contribution in [3.63, 3.8) is 0 Å². The van der Waals surface area contributed by atoms with Gasteiger partial charge in [0, 0.05) is 10.4 Å². The average molecular weight is 465 g/mol. The molecule has 2 aromatic carbocycles. The molecule has 0 bridgehead atoms. The number of rotatable bonds is 9. The summed E-state index contributed by atoms with van der Waals surface area (Å²) in [6.07, 6.45) is 2.39. The van der Waals surface area contributed by atoms with Crippen molar-refractivity contribution in [3.05, 3.63) is 87.2 Å². The predicted octanol–water partition coefficient (Wildman–Crippen LogP) is 5.11. The first-order valence-corrected chi connectivity index (χ1v) is 11.5. The number of methoxy groups -OCH3 is 2. The molecule has 2 amide bonds. The van der Waals surface area contributed by atoms with E-state index in [4.69, 9.17) is 9.47 Å². The van der Waals surface area contributed by atoms with Gasteiger partial charge in [-0.25, -0.2) is 0 Å². The summed E-state index contributed by atoms with van der Waals surface area (Å²) in [5.74, 6) is 0.177. The number of benzene rings is 2. The lowest BCUT2D eigenvalue weighted by molar-refractivity contribution is -0.118. The fraction of sp³-hybridized carbons (Fsp3) is 0.231. The number of carbonyl (C=O) groups is 2. The van der Waals surface area contributed by atoms with Crippen LogP contribution in [0.15, 0.2) is 65.7 Å². The number of hydrogen-bond donors (Lipinski definition) is 2. The predicted molar refractivity (Wildman–Crippen MR) is 132 cm³/mol. The van der Waals surface area contributed by atoms with Crippen LogP contribution in [-0.4, -0.2) is 26.0 Å². The van der Waals surface area contributed by atoms with Crippen molar-refractivity contribution in [2.75, 3.05) is 14.2 Å². The van der Waals surface area contributed by atoms with Crippen LogP contribution >= 0.6 is 11.3 Å². The fourth-order valence-corrected chi connectivity index (χ4v) is 3.96. The lowest BCUT2D eigenvalue weighted by Crippen LogP contribution is -2.36. The van der Waals surface area contributed by atoms with E-state index in [9.17, 15) is 9.59 Å². The van der Waals surface area contributed by atoms with Gasteiger partial charge in [-0.1, -0.05) is 42.8 Å². The molecule has 6 nitrogen and oxygen atoms in total. The van der Waals surface area contributed by atoms with Gasteiger partial charge >= 0.3 is 0 Å². The number of thiophene rings is 1. The van der Waals surface area contributed by atoms with Gasteiger partial charge in [0.1, 0.15) is 5.70 Å². The quantitative estimate of drug-likeness (QED) is 0.432. The van der Waals surface area contributed by atoms with Gasteiger partial charge in [0.05, 0.1) is 20.3 Å². The Hall–Kier alpha value is -3.58. The van der Waals surface area contributed by atoms with E-state index >= 15 is 0 Å². The minimum atomic E-state index is -0.419. The van der Waals surface area contributed by atoms with E-state index in [1.807, 2.05) is 55.6 Å². The van der Waals surface area contributed by atoms with Crippen LogP contribution < -0.4 is 20.1 Å². The van der Waals surface area contributed by atoms with Crippen LogP contribution in [0.1, 0.15) is 45.7 Å². The van der Waals surface area contributed by atoms with Gasteiger partial charge in [-0.15, -0.1) is 11.3 Å². The molecule has 0 saturated carbocycles. The molecule has 1 atom stereocenters. The van der Waals surface area contributed by atoms with Crippen LogP contribution in [0, 0.1) is 6.92 Å². The van der Waals surface area contributed by atoms with Crippen molar-refractivity contribution in [2.24, 2.45) is 0 Å². The smallest absolute Gasteiger partial charge is 0.268 e. The third-order valence-electron chi connectivity index (χ3n) is 5.16. The van der Waals surface area contributed by atoms with Gasteiger partial charge in [0.2, 0.25) is 0 Å². The lowest BCUT2D eigenvalue weighted by Gasteiger charge is -2.19. The zero-order chi connectivity index (χ0) is 23.8. The van der Waals surface area contributed by atoms with Gasteiger partial charge in [-0.3, -0.25) is 9.59 Å². The number of carbonyl (C=O) groups excluding carboxylic acids is 2. The van der Waals surface area contributed by atoms with Crippen LogP contribution in [0.25, 0.3) is 6.08 Å². The first-order chi connectivity index (χ1) is 15.9. The second-order valence-corrected chi connectivity index (χ2v) is 8.42. The van der Waals surface area contributed by atoms with Crippen LogP contribution in [0.2, 0.25) is 0 Å². The van der Waals surface area contributed by atoms with Crippen molar-refractivity contribution < 1.29 is 19.1 Å². The van der Waals surface area contributed by atoms with Crippen LogP contribution in [0.4, 0.5) is 0 Å². The summed E-state index contributed by atoms with van der Waals surface area (Å²) in [6.45, 7) is 4.03. The number of ether oxygens (including phenoxy) is 2. The van der Waals surface area contributed by atoms with E-state index in [2.05, 4.69) is 10.6 Å². The molecule has 0 aliphatic heterocycles. The molecule has 3 aromatic rings. The van der Waals surface area contributed by atoms with E-state index in [0.29, 0.717) is 23.5 Å². The first-order valence-electron chi connectivity index (χ1n) is 10.6. The molecule has 0 spiro atoms. The summed E-state index contributed by atoms with van der Waals surface area (Å²) >= 11 is 1.48. The zero-order valence-corrected chi connectivity index (χ0v) is 20.0. The monoisotopic (exact) mass is 464 g/mol. The Bertz CT molecular complexity index is 1120. The van der Waals surface area contributed by atoms with Crippen molar-refractivity contribution in [3.8, 4) is 11.5 Å². The molecule has 7 heteroatoms. The zero-order valence-electron chi connectivity index (χ0n) is 19.2. The Labute approximate surface area is 198 Å². The molecule has 172 valence electrons.